The number of likely N-dealkylation sites (tertiary alicyclic amines) is 1. The van der Waals surface area contributed by atoms with E-state index in [0.29, 0.717) is 12.3 Å². The van der Waals surface area contributed by atoms with Crippen molar-refractivity contribution < 1.29 is 4.79 Å². The van der Waals surface area contributed by atoms with E-state index in [-0.39, 0.29) is 5.91 Å². The Kier molecular flexibility index (Phi) is 4.93. The van der Waals surface area contributed by atoms with Crippen molar-refractivity contribution in [3.05, 3.63) is 30.6 Å². The summed E-state index contributed by atoms with van der Waals surface area (Å²) >= 11 is 1.64. The van der Waals surface area contributed by atoms with Crippen LogP contribution in [0.5, 0.6) is 0 Å². The molecular weight excluding hydrogens is 294 g/mol. The Hall–Kier alpha value is -1.62. The van der Waals surface area contributed by atoms with Gasteiger partial charge in [0.25, 0.3) is 0 Å². The van der Waals surface area contributed by atoms with Crippen LogP contribution in [0.2, 0.25) is 0 Å². The van der Waals surface area contributed by atoms with Gasteiger partial charge in [-0.25, -0.2) is 4.98 Å². The van der Waals surface area contributed by atoms with E-state index in [0.717, 1.165) is 41.2 Å². The lowest BCUT2D eigenvalue weighted by atomic mass is 10.0. The van der Waals surface area contributed by atoms with Gasteiger partial charge in [-0.3, -0.25) is 9.78 Å². The van der Waals surface area contributed by atoms with Gasteiger partial charge in [-0.2, -0.15) is 0 Å². The molecule has 1 atom stereocenters. The molecule has 2 aromatic heterocycles. The summed E-state index contributed by atoms with van der Waals surface area (Å²) in [5, 5.41) is 2.03. The molecule has 0 bridgehead atoms. The Labute approximate surface area is 135 Å². The number of pyridine rings is 2. The van der Waals surface area contributed by atoms with Crippen LogP contribution in [-0.4, -0.2) is 39.6 Å². The van der Waals surface area contributed by atoms with Crippen molar-refractivity contribution >= 4 is 28.6 Å². The highest BCUT2D eigenvalue weighted by molar-refractivity contribution is 7.99. The molecule has 1 aliphatic heterocycles. The standard InChI is InChI=1S/C17H21N3OS/c1-13-4-3-10-20(12-13)16(21)7-11-22-17-14-5-2-8-18-15(14)6-9-19-17/h2,5-6,8-9,13H,3-4,7,10-12H2,1H3. The fraction of sp³-hybridized carbons (Fsp3) is 0.471. The second-order valence-electron chi connectivity index (χ2n) is 5.87. The molecule has 1 saturated heterocycles. The van der Waals surface area contributed by atoms with Crippen molar-refractivity contribution in [2.45, 2.75) is 31.2 Å². The van der Waals surface area contributed by atoms with Crippen molar-refractivity contribution in [1.29, 1.82) is 0 Å². The lowest BCUT2D eigenvalue weighted by Gasteiger charge is -2.31. The maximum atomic E-state index is 12.3. The van der Waals surface area contributed by atoms with Gasteiger partial charge in [0.1, 0.15) is 5.03 Å². The Morgan fingerprint density at radius 3 is 3.14 bits per heavy atom. The van der Waals surface area contributed by atoms with Crippen LogP contribution in [-0.2, 0) is 4.79 Å². The first-order valence-electron chi connectivity index (χ1n) is 7.84. The van der Waals surface area contributed by atoms with Crippen LogP contribution in [0.1, 0.15) is 26.2 Å². The van der Waals surface area contributed by atoms with Crippen LogP contribution in [0.15, 0.2) is 35.6 Å². The smallest absolute Gasteiger partial charge is 0.223 e. The van der Waals surface area contributed by atoms with Gasteiger partial charge in [0.15, 0.2) is 0 Å². The van der Waals surface area contributed by atoms with Gasteiger partial charge in [-0.15, -0.1) is 11.8 Å². The summed E-state index contributed by atoms with van der Waals surface area (Å²) < 4.78 is 0. The number of carbonyl (C=O) groups is 1. The molecule has 0 aliphatic carbocycles. The van der Waals surface area contributed by atoms with Gasteiger partial charge < -0.3 is 4.90 Å². The Morgan fingerprint density at radius 2 is 2.27 bits per heavy atom. The first-order valence-corrected chi connectivity index (χ1v) is 8.83. The zero-order chi connectivity index (χ0) is 15.4. The molecule has 0 aromatic carbocycles. The van der Waals surface area contributed by atoms with E-state index < -0.39 is 0 Å². The molecule has 116 valence electrons. The predicted molar refractivity (Wildman–Crippen MR) is 89.9 cm³/mol. The minimum atomic E-state index is 0.275. The molecule has 2 aromatic rings. The van der Waals surface area contributed by atoms with Gasteiger partial charge in [0, 0.05) is 43.0 Å². The highest BCUT2D eigenvalue weighted by atomic mass is 32.2. The third kappa shape index (κ3) is 3.58. The summed E-state index contributed by atoms with van der Waals surface area (Å²) in [5.74, 6) is 1.68. The van der Waals surface area contributed by atoms with E-state index >= 15 is 0 Å². The van der Waals surface area contributed by atoms with Gasteiger partial charge in [-0.05, 0) is 37.0 Å². The van der Waals surface area contributed by atoms with Crippen LogP contribution in [0, 0.1) is 5.92 Å². The van der Waals surface area contributed by atoms with Gasteiger partial charge in [0.05, 0.1) is 5.52 Å². The summed E-state index contributed by atoms with van der Waals surface area (Å²) in [6.45, 7) is 4.06. The van der Waals surface area contributed by atoms with Gasteiger partial charge in [-0.1, -0.05) is 6.92 Å². The number of rotatable bonds is 4. The number of hydrogen-bond donors (Lipinski definition) is 0. The Morgan fingerprint density at radius 1 is 1.36 bits per heavy atom. The molecule has 1 fully saturated rings. The van der Waals surface area contributed by atoms with Crippen LogP contribution in [0.4, 0.5) is 0 Å². The second-order valence-corrected chi connectivity index (χ2v) is 6.96. The molecule has 0 radical (unpaired) electrons. The maximum absolute atomic E-state index is 12.3. The van der Waals surface area contributed by atoms with Crippen molar-refractivity contribution in [3.63, 3.8) is 0 Å². The summed E-state index contributed by atoms with van der Waals surface area (Å²) in [6, 6.07) is 5.87. The van der Waals surface area contributed by atoms with Gasteiger partial charge >= 0.3 is 0 Å². The minimum absolute atomic E-state index is 0.275. The van der Waals surface area contributed by atoms with E-state index in [1.165, 1.54) is 6.42 Å². The third-order valence-electron chi connectivity index (χ3n) is 4.06. The topological polar surface area (TPSA) is 46.1 Å². The highest BCUT2D eigenvalue weighted by Gasteiger charge is 2.20. The quantitative estimate of drug-likeness (QED) is 0.812. The SMILES string of the molecule is CC1CCCN(C(=O)CCSc2nccc3ncccc23)C1. The number of carbonyl (C=O) groups excluding carboxylic acids is 1. The maximum Gasteiger partial charge on any atom is 0.223 e. The highest BCUT2D eigenvalue weighted by Crippen LogP contribution is 2.25. The molecule has 22 heavy (non-hydrogen) atoms. The Bertz CT molecular complexity index is 656. The number of nitrogens with zero attached hydrogens (tertiary/aromatic N) is 3. The molecule has 1 amide bonds. The average molecular weight is 315 g/mol. The number of amides is 1. The number of hydrogen-bond acceptors (Lipinski definition) is 4. The molecule has 0 saturated carbocycles. The minimum Gasteiger partial charge on any atom is -0.342 e. The molecule has 1 unspecified atom stereocenters. The molecule has 0 N–H and O–H groups in total. The van der Waals surface area contributed by atoms with Crippen molar-refractivity contribution in [2.75, 3.05) is 18.8 Å². The van der Waals surface area contributed by atoms with Crippen molar-refractivity contribution in [1.82, 2.24) is 14.9 Å². The predicted octanol–water partition coefficient (Wildman–Crippen LogP) is 3.37. The molecule has 5 heteroatoms. The zero-order valence-corrected chi connectivity index (χ0v) is 13.7. The van der Waals surface area contributed by atoms with E-state index in [2.05, 4.69) is 16.9 Å². The summed E-state index contributed by atoms with van der Waals surface area (Å²) in [6.07, 6.45) is 6.53. The molecule has 3 rings (SSSR count). The molecular formula is C17H21N3OS. The third-order valence-corrected chi connectivity index (χ3v) is 5.06. The molecule has 0 spiro atoms. The summed E-state index contributed by atoms with van der Waals surface area (Å²) in [5.41, 5.74) is 0.955. The fourth-order valence-electron chi connectivity index (χ4n) is 2.90. The van der Waals surface area contributed by atoms with Crippen LogP contribution in [0.3, 0.4) is 0 Å². The van der Waals surface area contributed by atoms with E-state index in [9.17, 15) is 4.79 Å². The monoisotopic (exact) mass is 315 g/mol. The van der Waals surface area contributed by atoms with Gasteiger partial charge in [0.2, 0.25) is 5.91 Å². The van der Waals surface area contributed by atoms with E-state index in [4.69, 9.17) is 0 Å². The molecule has 4 nitrogen and oxygen atoms in total. The normalized spacial score (nSPS) is 18.6. The van der Waals surface area contributed by atoms with E-state index in [1.54, 1.807) is 24.2 Å². The molecule has 1 aliphatic rings. The zero-order valence-electron chi connectivity index (χ0n) is 12.9. The van der Waals surface area contributed by atoms with Crippen LogP contribution in [0.25, 0.3) is 10.9 Å². The largest absolute Gasteiger partial charge is 0.342 e. The summed E-state index contributed by atoms with van der Waals surface area (Å²) in [4.78, 5) is 23.1. The van der Waals surface area contributed by atoms with Crippen LogP contribution >= 0.6 is 11.8 Å². The lowest BCUT2D eigenvalue weighted by Crippen LogP contribution is -2.39. The lowest BCUT2D eigenvalue weighted by molar-refractivity contribution is -0.132. The number of fused-ring (bicyclic) bond motifs is 1. The first kappa shape index (κ1) is 15.3. The van der Waals surface area contributed by atoms with Crippen molar-refractivity contribution in [2.24, 2.45) is 5.92 Å². The number of aromatic nitrogens is 2. The number of thioether (sulfide) groups is 1. The van der Waals surface area contributed by atoms with E-state index in [1.807, 2.05) is 23.1 Å². The van der Waals surface area contributed by atoms with Crippen molar-refractivity contribution in [3.8, 4) is 0 Å². The number of piperidine rings is 1. The molecule has 3 heterocycles. The second kappa shape index (κ2) is 7.09. The summed E-state index contributed by atoms with van der Waals surface area (Å²) in [7, 11) is 0. The van der Waals surface area contributed by atoms with Crippen LogP contribution < -0.4 is 0 Å². The first-order chi connectivity index (χ1) is 10.7. The Balaban J connectivity index is 1.57. The fourth-order valence-corrected chi connectivity index (χ4v) is 3.83. The average Bonchev–Trinajstić information content (AvgIpc) is 2.55.